The molecular formula is C15H29NO2. The van der Waals surface area contributed by atoms with Crippen molar-refractivity contribution >= 4 is 5.97 Å². The third kappa shape index (κ3) is 4.97. The highest BCUT2D eigenvalue weighted by Gasteiger charge is 2.33. The summed E-state index contributed by atoms with van der Waals surface area (Å²) in [5.74, 6) is 1.79. The van der Waals surface area contributed by atoms with Gasteiger partial charge in [0.1, 0.15) is 6.10 Å². The van der Waals surface area contributed by atoms with Gasteiger partial charge < -0.3 is 10.1 Å². The molecule has 0 aromatic rings. The molecule has 0 spiro atoms. The summed E-state index contributed by atoms with van der Waals surface area (Å²) in [5.41, 5.74) is 0. The molecule has 3 atom stereocenters. The van der Waals surface area contributed by atoms with Gasteiger partial charge in [0.15, 0.2) is 0 Å². The summed E-state index contributed by atoms with van der Waals surface area (Å²) >= 11 is 0. The van der Waals surface area contributed by atoms with Gasteiger partial charge in [0.25, 0.3) is 0 Å². The molecule has 1 rings (SSSR count). The van der Waals surface area contributed by atoms with Crippen LogP contribution in [0, 0.1) is 17.8 Å². The van der Waals surface area contributed by atoms with E-state index in [4.69, 9.17) is 4.74 Å². The molecule has 3 heteroatoms. The first-order valence-electron chi connectivity index (χ1n) is 7.44. The van der Waals surface area contributed by atoms with Crippen molar-refractivity contribution in [1.29, 1.82) is 0 Å². The Hall–Kier alpha value is -0.570. The quantitative estimate of drug-likeness (QED) is 0.586. The van der Waals surface area contributed by atoms with Crippen LogP contribution in [0.3, 0.4) is 0 Å². The van der Waals surface area contributed by atoms with Crippen molar-refractivity contribution in [3.05, 3.63) is 0 Å². The largest absolute Gasteiger partial charge is 0.462 e. The molecular weight excluding hydrogens is 226 g/mol. The molecule has 0 aliphatic heterocycles. The second-order valence-corrected chi connectivity index (χ2v) is 5.96. The summed E-state index contributed by atoms with van der Waals surface area (Å²) in [5, 5.41) is 3.16. The number of esters is 1. The summed E-state index contributed by atoms with van der Waals surface area (Å²) in [6.07, 6.45) is 4.14. The molecule has 1 N–H and O–H groups in total. The topological polar surface area (TPSA) is 38.3 Å². The molecule has 0 aromatic heterocycles. The normalized spacial score (nSPS) is 28.4. The van der Waals surface area contributed by atoms with Crippen LogP contribution in [0.15, 0.2) is 0 Å². The smallest absolute Gasteiger partial charge is 0.307 e. The molecule has 0 bridgehead atoms. The highest BCUT2D eigenvalue weighted by atomic mass is 16.5. The van der Waals surface area contributed by atoms with E-state index >= 15 is 0 Å². The van der Waals surface area contributed by atoms with E-state index in [1.165, 1.54) is 12.8 Å². The molecule has 0 heterocycles. The van der Waals surface area contributed by atoms with Crippen molar-refractivity contribution in [3.63, 3.8) is 0 Å². The van der Waals surface area contributed by atoms with Crippen molar-refractivity contribution in [2.75, 3.05) is 13.1 Å². The second kappa shape index (κ2) is 7.78. The average molecular weight is 255 g/mol. The van der Waals surface area contributed by atoms with Crippen LogP contribution in [-0.4, -0.2) is 25.2 Å². The summed E-state index contributed by atoms with van der Waals surface area (Å²) in [4.78, 5) is 11.8. The van der Waals surface area contributed by atoms with Gasteiger partial charge in [-0.3, -0.25) is 4.79 Å². The van der Waals surface area contributed by atoms with Crippen molar-refractivity contribution < 1.29 is 9.53 Å². The van der Waals surface area contributed by atoms with Crippen LogP contribution in [0.25, 0.3) is 0 Å². The van der Waals surface area contributed by atoms with E-state index in [0.29, 0.717) is 24.2 Å². The first kappa shape index (κ1) is 15.5. The molecule has 106 valence electrons. The summed E-state index contributed by atoms with van der Waals surface area (Å²) < 4.78 is 5.70. The van der Waals surface area contributed by atoms with E-state index in [9.17, 15) is 4.79 Å². The lowest BCUT2D eigenvalue weighted by atomic mass is 9.75. The van der Waals surface area contributed by atoms with Crippen LogP contribution in [0.1, 0.15) is 53.4 Å². The number of nitrogens with one attached hydrogen (secondary N) is 1. The van der Waals surface area contributed by atoms with E-state index in [1.807, 2.05) is 6.92 Å². The Kier molecular flexibility index (Phi) is 6.69. The van der Waals surface area contributed by atoms with Gasteiger partial charge in [0, 0.05) is 6.54 Å². The molecule has 1 saturated carbocycles. The number of hydrogen-bond donors (Lipinski definition) is 1. The predicted octanol–water partition coefficient (Wildman–Crippen LogP) is 2.99. The first-order chi connectivity index (χ1) is 8.54. The molecule has 1 aliphatic rings. The molecule has 0 aromatic carbocycles. The molecule has 0 amide bonds. The van der Waals surface area contributed by atoms with Crippen molar-refractivity contribution in [2.24, 2.45) is 17.8 Å². The fourth-order valence-corrected chi connectivity index (χ4v) is 2.85. The van der Waals surface area contributed by atoms with Crippen molar-refractivity contribution in [1.82, 2.24) is 5.32 Å². The lowest BCUT2D eigenvalue weighted by Gasteiger charge is -2.36. The standard InChI is InChI=1S/C15H29NO2/c1-5-16-9-8-15(17)18-14-10-12(4)6-7-13(14)11(2)3/h11-14,16H,5-10H2,1-4H3. The first-order valence-corrected chi connectivity index (χ1v) is 7.44. The Labute approximate surface area is 112 Å². The molecule has 1 fully saturated rings. The fourth-order valence-electron chi connectivity index (χ4n) is 2.85. The van der Waals surface area contributed by atoms with E-state index < -0.39 is 0 Å². The number of carbonyl (C=O) groups excluding carboxylic acids is 1. The van der Waals surface area contributed by atoms with E-state index in [-0.39, 0.29) is 12.1 Å². The minimum atomic E-state index is -0.0410. The van der Waals surface area contributed by atoms with Crippen LogP contribution in [0.5, 0.6) is 0 Å². The lowest BCUT2D eigenvalue weighted by molar-refractivity contribution is -0.155. The van der Waals surface area contributed by atoms with Gasteiger partial charge in [-0.15, -0.1) is 0 Å². The average Bonchev–Trinajstić information content (AvgIpc) is 2.29. The Morgan fingerprint density at radius 3 is 2.72 bits per heavy atom. The van der Waals surface area contributed by atoms with Gasteiger partial charge in [-0.2, -0.15) is 0 Å². The maximum atomic E-state index is 11.8. The minimum Gasteiger partial charge on any atom is -0.462 e. The van der Waals surface area contributed by atoms with Gasteiger partial charge in [-0.25, -0.2) is 0 Å². The monoisotopic (exact) mass is 255 g/mol. The van der Waals surface area contributed by atoms with Gasteiger partial charge in [-0.05, 0) is 37.1 Å². The van der Waals surface area contributed by atoms with Gasteiger partial charge in [-0.1, -0.05) is 34.1 Å². The third-order valence-electron chi connectivity index (χ3n) is 4.00. The lowest BCUT2D eigenvalue weighted by Crippen LogP contribution is -2.36. The SMILES string of the molecule is CCNCCC(=O)OC1CC(C)CCC1C(C)C. The highest BCUT2D eigenvalue weighted by molar-refractivity contribution is 5.69. The molecule has 3 nitrogen and oxygen atoms in total. The van der Waals surface area contributed by atoms with Gasteiger partial charge >= 0.3 is 5.97 Å². The molecule has 0 radical (unpaired) electrons. The number of hydrogen-bond acceptors (Lipinski definition) is 3. The van der Waals surface area contributed by atoms with Crippen LogP contribution >= 0.6 is 0 Å². The number of ether oxygens (including phenoxy) is 1. The Morgan fingerprint density at radius 2 is 2.11 bits per heavy atom. The number of rotatable bonds is 6. The molecule has 0 saturated heterocycles. The van der Waals surface area contributed by atoms with Crippen molar-refractivity contribution in [2.45, 2.75) is 59.5 Å². The van der Waals surface area contributed by atoms with Crippen LogP contribution in [-0.2, 0) is 9.53 Å². The van der Waals surface area contributed by atoms with Crippen molar-refractivity contribution in [3.8, 4) is 0 Å². The fraction of sp³-hybridized carbons (Fsp3) is 0.933. The van der Waals surface area contributed by atoms with E-state index in [2.05, 4.69) is 26.1 Å². The third-order valence-corrected chi connectivity index (χ3v) is 4.00. The zero-order chi connectivity index (χ0) is 13.5. The molecule has 1 aliphatic carbocycles. The zero-order valence-corrected chi connectivity index (χ0v) is 12.4. The molecule has 18 heavy (non-hydrogen) atoms. The second-order valence-electron chi connectivity index (χ2n) is 5.96. The summed E-state index contributed by atoms with van der Waals surface area (Å²) in [6.45, 7) is 10.4. The van der Waals surface area contributed by atoms with Crippen LogP contribution in [0.2, 0.25) is 0 Å². The van der Waals surface area contributed by atoms with E-state index in [1.54, 1.807) is 0 Å². The molecule has 3 unspecified atom stereocenters. The maximum absolute atomic E-state index is 11.8. The summed E-state index contributed by atoms with van der Waals surface area (Å²) in [7, 11) is 0. The summed E-state index contributed by atoms with van der Waals surface area (Å²) in [6, 6.07) is 0. The zero-order valence-electron chi connectivity index (χ0n) is 12.4. The number of carbonyl (C=O) groups is 1. The Balaban J connectivity index is 2.42. The highest BCUT2D eigenvalue weighted by Crippen LogP contribution is 2.35. The van der Waals surface area contributed by atoms with Gasteiger partial charge in [0.05, 0.1) is 6.42 Å². The van der Waals surface area contributed by atoms with Gasteiger partial charge in [0.2, 0.25) is 0 Å². The van der Waals surface area contributed by atoms with E-state index in [0.717, 1.165) is 19.5 Å². The maximum Gasteiger partial charge on any atom is 0.307 e. The van der Waals surface area contributed by atoms with Crippen LogP contribution < -0.4 is 5.32 Å². The minimum absolute atomic E-state index is 0.0410. The van der Waals surface area contributed by atoms with Crippen LogP contribution in [0.4, 0.5) is 0 Å². The Bertz CT molecular complexity index is 253. The predicted molar refractivity (Wildman–Crippen MR) is 74.4 cm³/mol. The Morgan fingerprint density at radius 1 is 1.39 bits per heavy atom.